The normalized spacial score (nSPS) is 11.9. The Bertz CT molecular complexity index is 153. The van der Waals surface area contributed by atoms with Crippen LogP contribution < -0.4 is 0 Å². The first-order valence-electron chi connectivity index (χ1n) is 6.47. The minimum absolute atomic E-state index is 1.10. The SMILES string of the molecule is [CH2]CCCCCCCCC=CCC=CC. The fourth-order valence-electron chi connectivity index (χ4n) is 1.57. The van der Waals surface area contributed by atoms with Crippen LogP contribution in [0.3, 0.4) is 0 Å². The van der Waals surface area contributed by atoms with Crippen molar-refractivity contribution in [3.63, 3.8) is 0 Å². The zero-order chi connectivity index (χ0) is 11.2. The topological polar surface area (TPSA) is 0 Å². The summed E-state index contributed by atoms with van der Waals surface area (Å²) in [7, 11) is 0. The number of hydrogen-bond acceptors (Lipinski definition) is 0. The predicted molar refractivity (Wildman–Crippen MR) is 70.9 cm³/mol. The van der Waals surface area contributed by atoms with Crippen LogP contribution in [0.1, 0.15) is 64.7 Å². The summed E-state index contributed by atoms with van der Waals surface area (Å²) in [6.45, 7) is 5.92. The van der Waals surface area contributed by atoms with Crippen LogP contribution >= 0.6 is 0 Å². The van der Waals surface area contributed by atoms with E-state index in [0.29, 0.717) is 0 Å². The molecular weight excluding hydrogens is 180 g/mol. The molecule has 0 fully saturated rings. The lowest BCUT2D eigenvalue weighted by atomic mass is 10.1. The van der Waals surface area contributed by atoms with Gasteiger partial charge in [0.1, 0.15) is 0 Å². The zero-order valence-corrected chi connectivity index (χ0v) is 10.4. The molecule has 0 heterocycles. The third kappa shape index (κ3) is 13.5. The second-order valence-corrected chi connectivity index (χ2v) is 4.04. The average Bonchev–Trinajstić information content (AvgIpc) is 2.26. The lowest BCUT2D eigenvalue weighted by Crippen LogP contribution is -1.78. The molecule has 0 aliphatic heterocycles. The number of hydrogen-bond donors (Lipinski definition) is 0. The van der Waals surface area contributed by atoms with Gasteiger partial charge in [0, 0.05) is 0 Å². The van der Waals surface area contributed by atoms with Crippen molar-refractivity contribution in [2.75, 3.05) is 0 Å². The summed E-state index contributed by atoms with van der Waals surface area (Å²) in [5, 5.41) is 0. The molecule has 1 radical (unpaired) electrons. The third-order valence-electron chi connectivity index (χ3n) is 2.55. The minimum Gasteiger partial charge on any atom is -0.0914 e. The molecule has 0 nitrogen and oxygen atoms in total. The zero-order valence-electron chi connectivity index (χ0n) is 10.4. The molecule has 0 bridgehead atoms. The standard InChI is InChI=1S/C15H27/c1-3-5-7-9-11-13-15-14-12-10-8-6-4-2/h4,6,10,12H,1,3,5,7-9,11,13-15H2,2H3. The Kier molecular flexibility index (Phi) is 13.0. The molecule has 0 aromatic carbocycles. The first-order chi connectivity index (χ1) is 7.41. The molecule has 0 atom stereocenters. The van der Waals surface area contributed by atoms with Crippen molar-refractivity contribution in [3.05, 3.63) is 31.2 Å². The molecule has 0 aliphatic carbocycles. The van der Waals surface area contributed by atoms with E-state index in [-0.39, 0.29) is 0 Å². The van der Waals surface area contributed by atoms with Gasteiger partial charge in [0.05, 0.1) is 0 Å². The van der Waals surface area contributed by atoms with Crippen molar-refractivity contribution in [1.29, 1.82) is 0 Å². The van der Waals surface area contributed by atoms with Gasteiger partial charge < -0.3 is 0 Å². The highest BCUT2D eigenvalue weighted by molar-refractivity contribution is 4.91. The molecule has 0 aliphatic rings. The Balaban J connectivity index is 3.01. The molecule has 0 unspecified atom stereocenters. The maximum Gasteiger partial charge on any atom is -0.0169 e. The van der Waals surface area contributed by atoms with Crippen molar-refractivity contribution in [1.82, 2.24) is 0 Å². The van der Waals surface area contributed by atoms with Crippen molar-refractivity contribution >= 4 is 0 Å². The Hall–Kier alpha value is -0.520. The van der Waals surface area contributed by atoms with Crippen molar-refractivity contribution in [2.24, 2.45) is 0 Å². The lowest BCUT2D eigenvalue weighted by Gasteiger charge is -1.98. The van der Waals surface area contributed by atoms with E-state index >= 15 is 0 Å². The summed E-state index contributed by atoms with van der Waals surface area (Å²) < 4.78 is 0. The van der Waals surface area contributed by atoms with Crippen LogP contribution in [0.2, 0.25) is 0 Å². The van der Waals surface area contributed by atoms with Gasteiger partial charge in [-0.3, -0.25) is 0 Å². The number of rotatable bonds is 10. The van der Waals surface area contributed by atoms with Gasteiger partial charge >= 0.3 is 0 Å². The van der Waals surface area contributed by atoms with Gasteiger partial charge in [-0.25, -0.2) is 0 Å². The van der Waals surface area contributed by atoms with Crippen molar-refractivity contribution < 1.29 is 0 Å². The molecule has 0 heteroatoms. The van der Waals surface area contributed by atoms with Crippen LogP contribution in [0.5, 0.6) is 0 Å². The maximum atomic E-state index is 3.85. The van der Waals surface area contributed by atoms with E-state index in [1.54, 1.807) is 0 Å². The molecular formula is C15H27. The van der Waals surface area contributed by atoms with Crippen LogP contribution in [0.15, 0.2) is 24.3 Å². The van der Waals surface area contributed by atoms with Crippen molar-refractivity contribution in [3.8, 4) is 0 Å². The molecule has 15 heavy (non-hydrogen) atoms. The summed E-state index contributed by atoms with van der Waals surface area (Å²) in [4.78, 5) is 0. The third-order valence-corrected chi connectivity index (χ3v) is 2.55. The number of unbranched alkanes of at least 4 members (excludes halogenated alkanes) is 7. The van der Waals surface area contributed by atoms with Gasteiger partial charge in [0.25, 0.3) is 0 Å². The second-order valence-electron chi connectivity index (χ2n) is 4.04. The van der Waals surface area contributed by atoms with Crippen molar-refractivity contribution in [2.45, 2.75) is 64.7 Å². The van der Waals surface area contributed by atoms with Gasteiger partial charge in [0.15, 0.2) is 0 Å². The largest absolute Gasteiger partial charge is 0.0914 e. The monoisotopic (exact) mass is 207 g/mol. The molecule has 0 amide bonds. The maximum absolute atomic E-state index is 3.85. The van der Waals surface area contributed by atoms with Gasteiger partial charge in [-0.1, -0.05) is 69.8 Å². The van der Waals surface area contributed by atoms with Crippen LogP contribution in [0.25, 0.3) is 0 Å². The van der Waals surface area contributed by atoms with E-state index in [1.165, 1.54) is 44.9 Å². The summed E-state index contributed by atoms with van der Waals surface area (Å²) >= 11 is 0. The molecule has 0 spiro atoms. The van der Waals surface area contributed by atoms with Gasteiger partial charge in [-0.2, -0.15) is 0 Å². The molecule has 0 saturated heterocycles. The molecule has 0 N–H and O–H groups in total. The molecule has 87 valence electrons. The minimum atomic E-state index is 1.10. The van der Waals surface area contributed by atoms with E-state index in [2.05, 4.69) is 38.2 Å². The van der Waals surface area contributed by atoms with E-state index in [4.69, 9.17) is 0 Å². The fourth-order valence-corrected chi connectivity index (χ4v) is 1.57. The average molecular weight is 207 g/mol. The molecule has 0 rings (SSSR count). The van der Waals surface area contributed by atoms with E-state index in [0.717, 1.165) is 12.8 Å². The summed E-state index contributed by atoms with van der Waals surface area (Å²) in [6.07, 6.45) is 20.6. The van der Waals surface area contributed by atoms with E-state index in [1.807, 2.05) is 0 Å². The van der Waals surface area contributed by atoms with Crippen LogP contribution in [-0.4, -0.2) is 0 Å². The highest BCUT2D eigenvalue weighted by atomic mass is 13.9. The molecule has 0 aromatic heterocycles. The molecule has 0 aromatic rings. The Morgan fingerprint density at radius 2 is 1.47 bits per heavy atom. The predicted octanol–water partition coefficient (Wildman–Crippen LogP) is 5.46. The quantitative estimate of drug-likeness (QED) is 0.329. The van der Waals surface area contributed by atoms with E-state index in [9.17, 15) is 0 Å². The lowest BCUT2D eigenvalue weighted by molar-refractivity contribution is 0.599. The first kappa shape index (κ1) is 14.5. The highest BCUT2D eigenvalue weighted by Crippen LogP contribution is 2.08. The smallest absolute Gasteiger partial charge is 0.0169 e. The van der Waals surface area contributed by atoms with E-state index < -0.39 is 0 Å². The van der Waals surface area contributed by atoms with Crippen LogP contribution in [0, 0.1) is 6.92 Å². The van der Waals surface area contributed by atoms with Crippen LogP contribution in [0.4, 0.5) is 0 Å². The Morgan fingerprint density at radius 3 is 2.13 bits per heavy atom. The molecule has 0 saturated carbocycles. The highest BCUT2D eigenvalue weighted by Gasteiger charge is 1.88. The van der Waals surface area contributed by atoms with Gasteiger partial charge in [0.2, 0.25) is 0 Å². The number of allylic oxidation sites excluding steroid dienone is 4. The summed E-state index contributed by atoms with van der Waals surface area (Å²) in [6, 6.07) is 0. The Labute approximate surface area is 96.5 Å². The van der Waals surface area contributed by atoms with Crippen LogP contribution in [-0.2, 0) is 0 Å². The fraction of sp³-hybridized carbons (Fsp3) is 0.667. The Morgan fingerprint density at radius 1 is 0.800 bits per heavy atom. The van der Waals surface area contributed by atoms with Gasteiger partial charge in [-0.05, 0) is 26.2 Å². The second kappa shape index (κ2) is 13.5. The summed E-state index contributed by atoms with van der Waals surface area (Å²) in [5.41, 5.74) is 0. The van der Waals surface area contributed by atoms with Gasteiger partial charge in [-0.15, -0.1) is 0 Å². The first-order valence-corrected chi connectivity index (χ1v) is 6.47. The summed E-state index contributed by atoms with van der Waals surface area (Å²) in [5.74, 6) is 0.